The number of hydrogen-bond donors (Lipinski definition) is 2. The Morgan fingerprint density at radius 2 is 1.75 bits per heavy atom. The molecule has 2 rings (SSSR count). The maximum Gasteiger partial charge on any atom is 0.232 e. The van der Waals surface area contributed by atoms with E-state index in [1.54, 1.807) is 30.4 Å². The van der Waals surface area contributed by atoms with Gasteiger partial charge in [0.15, 0.2) is 0 Å². The second-order valence-electron chi connectivity index (χ2n) is 4.46. The fourth-order valence-corrected chi connectivity index (χ4v) is 3.16. The van der Waals surface area contributed by atoms with Gasteiger partial charge in [-0.3, -0.25) is 4.72 Å². The van der Waals surface area contributed by atoms with Crippen molar-refractivity contribution in [3.05, 3.63) is 46.2 Å². The Morgan fingerprint density at radius 1 is 1.10 bits per heavy atom. The summed E-state index contributed by atoms with van der Waals surface area (Å²) < 4.78 is 25.4. The number of anilines is 2. The van der Waals surface area contributed by atoms with Gasteiger partial charge in [0.2, 0.25) is 10.0 Å². The van der Waals surface area contributed by atoms with Crippen LogP contribution in [0.3, 0.4) is 0 Å². The predicted molar refractivity (Wildman–Crippen MR) is 85.9 cm³/mol. The maximum atomic E-state index is 11.4. The summed E-state index contributed by atoms with van der Waals surface area (Å²) in [5.74, 6) is 0.0741. The third-order valence-electron chi connectivity index (χ3n) is 2.96. The van der Waals surface area contributed by atoms with E-state index in [1.165, 1.54) is 10.4 Å². The van der Waals surface area contributed by atoms with E-state index in [0.29, 0.717) is 5.69 Å². The van der Waals surface area contributed by atoms with Gasteiger partial charge in [0.25, 0.3) is 0 Å². The largest absolute Gasteiger partial charge is 0.380 e. The van der Waals surface area contributed by atoms with Gasteiger partial charge in [0, 0.05) is 22.8 Å². The molecule has 0 bridgehead atoms. The van der Waals surface area contributed by atoms with Crippen LogP contribution in [0.2, 0.25) is 0 Å². The summed E-state index contributed by atoms with van der Waals surface area (Å²) in [7, 11) is -3.21. The molecular formula is C14H18N2O2S2. The van der Waals surface area contributed by atoms with Crippen molar-refractivity contribution in [2.45, 2.75) is 20.4 Å². The molecule has 0 aliphatic carbocycles. The van der Waals surface area contributed by atoms with Gasteiger partial charge in [-0.15, -0.1) is 11.3 Å². The molecule has 0 amide bonds. The van der Waals surface area contributed by atoms with Crippen LogP contribution in [-0.4, -0.2) is 14.2 Å². The van der Waals surface area contributed by atoms with Gasteiger partial charge in [0.05, 0.1) is 5.75 Å². The first kappa shape index (κ1) is 14.9. The summed E-state index contributed by atoms with van der Waals surface area (Å²) >= 11 is 1.73. The summed E-state index contributed by atoms with van der Waals surface area (Å²) in [5, 5.41) is 5.40. The number of hydrogen-bond acceptors (Lipinski definition) is 4. The maximum absolute atomic E-state index is 11.4. The van der Waals surface area contributed by atoms with Crippen molar-refractivity contribution < 1.29 is 8.42 Å². The molecule has 0 saturated carbocycles. The summed E-state index contributed by atoms with van der Waals surface area (Å²) in [5.41, 5.74) is 2.84. The smallest absolute Gasteiger partial charge is 0.232 e. The molecule has 0 atom stereocenters. The van der Waals surface area contributed by atoms with Gasteiger partial charge in [-0.05, 0) is 55.1 Å². The summed E-state index contributed by atoms with van der Waals surface area (Å²) in [6, 6.07) is 9.37. The van der Waals surface area contributed by atoms with Crippen LogP contribution in [0.15, 0.2) is 35.7 Å². The van der Waals surface area contributed by atoms with E-state index in [4.69, 9.17) is 0 Å². The second-order valence-corrected chi connectivity index (χ2v) is 7.47. The molecule has 6 heteroatoms. The van der Waals surface area contributed by atoms with Crippen LogP contribution in [0.1, 0.15) is 17.4 Å². The summed E-state index contributed by atoms with van der Waals surface area (Å²) in [6.07, 6.45) is 0. The van der Waals surface area contributed by atoms with E-state index in [2.05, 4.69) is 28.4 Å². The Labute approximate surface area is 123 Å². The quantitative estimate of drug-likeness (QED) is 0.859. The van der Waals surface area contributed by atoms with Crippen molar-refractivity contribution >= 4 is 32.7 Å². The Kier molecular flexibility index (Phi) is 4.67. The number of sulfonamides is 1. The van der Waals surface area contributed by atoms with Crippen LogP contribution in [-0.2, 0) is 16.6 Å². The zero-order valence-corrected chi connectivity index (χ0v) is 13.1. The van der Waals surface area contributed by atoms with Crippen molar-refractivity contribution in [3.8, 4) is 0 Å². The molecule has 2 N–H and O–H groups in total. The second kappa shape index (κ2) is 6.28. The Bertz CT molecular complexity index is 661. The van der Waals surface area contributed by atoms with E-state index in [0.717, 1.165) is 12.2 Å². The highest BCUT2D eigenvalue weighted by Gasteiger charge is 2.06. The average Bonchev–Trinajstić information content (AvgIpc) is 2.83. The standard InChI is InChI=1S/C14H18N2O2S2/c1-3-20(17,18)16-13-6-4-12(5-7-13)15-10-14-11(2)8-9-19-14/h4-9,15-16H,3,10H2,1-2H3. The molecule has 0 fully saturated rings. The molecule has 1 heterocycles. The van der Waals surface area contributed by atoms with E-state index in [9.17, 15) is 8.42 Å². The third-order valence-corrected chi connectivity index (χ3v) is 5.29. The highest BCUT2D eigenvalue weighted by Crippen LogP contribution is 2.19. The topological polar surface area (TPSA) is 58.2 Å². The zero-order valence-electron chi connectivity index (χ0n) is 11.5. The van der Waals surface area contributed by atoms with Crippen molar-refractivity contribution in [1.82, 2.24) is 0 Å². The molecule has 1 aromatic carbocycles. The van der Waals surface area contributed by atoms with E-state index < -0.39 is 10.0 Å². The van der Waals surface area contributed by atoms with E-state index in [1.807, 2.05) is 12.1 Å². The molecule has 20 heavy (non-hydrogen) atoms. The van der Waals surface area contributed by atoms with Crippen LogP contribution < -0.4 is 10.0 Å². The first-order chi connectivity index (χ1) is 9.50. The zero-order chi connectivity index (χ0) is 14.6. The molecule has 108 valence electrons. The molecule has 0 spiro atoms. The van der Waals surface area contributed by atoms with Crippen LogP contribution in [0.4, 0.5) is 11.4 Å². The Hall–Kier alpha value is -1.53. The molecule has 0 unspecified atom stereocenters. The minimum absolute atomic E-state index is 0.0741. The van der Waals surface area contributed by atoms with Crippen molar-refractivity contribution in [1.29, 1.82) is 0 Å². The number of nitrogens with one attached hydrogen (secondary N) is 2. The number of aryl methyl sites for hydroxylation is 1. The SMILES string of the molecule is CCS(=O)(=O)Nc1ccc(NCc2sccc2C)cc1. The van der Waals surface area contributed by atoms with Crippen LogP contribution >= 0.6 is 11.3 Å². The highest BCUT2D eigenvalue weighted by molar-refractivity contribution is 7.92. The van der Waals surface area contributed by atoms with Crippen molar-refractivity contribution in [2.24, 2.45) is 0 Å². The first-order valence-electron chi connectivity index (χ1n) is 6.37. The van der Waals surface area contributed by atoms with Crippen molar-refractivity contribution in [2.75, 3.05) is 15.8 Å². The molecule has 2 aromatic rings. The molecule has 0 saturated heterocycles. The van der Waals surface area contributed by atoms with Crippen LogP contribution in [0, 0.1) is 6.92 Å². The Morgan fingerprint density at radius 3 is 2.30 bits per heavy atom. The molecule has 4 nitrogen and oxygen atoms in total. The normalized spacial score (nSPS) is 11.3. The Balaban J connectivity index is 1.97. The van der Waals surface area contributed by atoms with Gasteiger partial charge in [0.1, 0.15) is 0 Å². The number of thiophene rings is 1. The van der Waals surface area contributed by atoms with Crippen LogP contribution in [0.25, 0.3) is 0 Å². The van der Waals surface area contributed by atoms with E-state index >= 15 is 0 Å². The van der Waals surface area contributed by atoms with Gasteiger partial charge in [-0.1, -0.05) is 0 Å². The van der Waals surface area contributed by atoms with Gasteiger partial charge >= 0.3 is 0 Å². The lowest BCUT2D eigenvalue weighted by Crippen LogP contribution is -2.14. The summed E-state index contributed by atoms with van der Waals surface area (Å²) in [6.45, 7) is 4.49. The fourth-order valence-electron chi connectivity index (χ4n) is 1.68. The molecule has 1 aromatic heterocycles. The number of benzene rings is 1. The van der Waals surface area contributed by atoms with Crippen LogP contribution in [0.5, 0.6) is 0 Å². The lowest BCUT2D eigenvalue weighted by molar-refractivity contribution is 0.602. The monoisotopic (exact) mass is 310 g/mol. The van der Waals surface area contributed by atoms with Crippen molar-refractivity contribution in [3.63, 3.8) is 0 Å². The first-order valence-corrected chi connectivity index (χ1v) is 8.91. The highest BCUT2D eigenvalue weighted by atomic mass is 32.2. The lowest BCUT2D eigenvalue weighted by Gasteiger charge is -2.09. The number of rotatable bonds is 6. The van der Waals surface area contributed by atoms with Gasteiger partial charge < -0.3 is 5.32 Å². The molecular weight excluding hydrogens is 292 g/mol. The summed E-state index contributed by atoms with van der Waals surface area (Å²) in [4.78, 5) is 1.31. The molecule has 0 aliphatic heterocycles. The average molecular weight is 310 g/mol. The minimum atomic E-state index is -3.21. The predicted octanol–water partition coefficient (Wildman–Crippen LogP) is 3.43. The van der Waals surface area contributed by atoms with E-state index in [-0.39, 0.29) is 5.75 Å². The van der Waals surface area contributed by atoms with Gasteiger partial charge in [-0.2, -0.15) is 0 Å². The fraction of sp³-hybridized carbons (Fsp3) is 0.286. The third kappa shape index (κ3) is 3.98. The lowest BCUT2D eigenvalue weighted by atomic mass is 10.2. The van der Waals surface area contributed by atoms with Gasteiger partial charge in [-0.25, -0.2) is 8.42 Å². The molecule has 0 radical (unpaired) electrons. The molecule has 0 aliphatic rings. The minimum Gasteiger partial charge on any atom is -0.380 e.